The Bertz CT molecular complexity index is 298. The molecule has 0 bridgehead atoms. The van der Waals surface area contributed by atoms with Crippen molar-refractivity contribution >= 4 is 11.3 Å². The number of thiazole rings is 1. The Morgan fingerprint density at radius 2 is 2.57 bits per heavy atom. The van der Waals surface area contributed by atoms with Crippen molar-refractivity contribution in [2.45, 2.75) is 24.9 Å². The smallest absolute Gasteiger partial charge is 0.0794 e. The number of aromatic nitrogens is 1. The van der Waals surface area contributed by atoms with Crippen LogP contribution in [0, 0.1) is 0 Å². The van der Waals surface area contributed by atoms with Crippen molar-refractivity contribution in [1.29, 1.82) is 0 Å². The van der Waals surface area contributed by atoms with Crippen LogP contribution in [0.15, 0.2) is 11.7 Å². The van der Waals surface area contributed by atoms with E-state index in [0.717, 1.165) is 12.6 Å². The number of piperazine rings is 1. The predicted octanol–water partition coefficient (Wildman–Crippen LogP) is 1.25. The third kappa shape index (κ3) is 1.47. The van der Waals surface area contributed by atoms with Crippen LogP contribution in [0.25, 0.3) is 0 Å². The molecule has 3 heterocycles. The van der Waals surface area contributed by atoms with Gasteiger partial charge >= 0.3 is 0 Å². The molecule has 0 radical (unpaired) electrons. The molecule has 0 spiro atoms. The highest BCUT2D eigenvalue weighted by Gasteiger charge is 2.32. The van der Waals surface area contributed by atoms with Gasteiger partial charge in [0.15, 0.2) is 0 Å². The SMILES string of the molecule is c1ncc(C2CN3CCCC3CN2)s1. The van der Waals surface area contributed by atoms with Gasteiger partial charge in [0.2, 0.25) is 0 Å². The molecule has 14 heavy (non-hydrogen) atoms. The van der Waals surface area contributed by atoms with Crippen molar-refractivity contribution in [3.05, 3.63) is 16.6 Å². The van der Waals surface area contributed by atoms with Crippen LogP contribution in [-0.2, 0) is 0 Å². The Morgan fingerprint density at radius 1 is 1.57 bits per heavy atom. The number of fused-ring (bicyclic) bond motifs is 1. The second kappa shape index (κ2) is 3.61. The molecule has 2 aliphatic heterocycles. The van der Waals surface area contributed by atoms with Crippen LogP contribution in [0.2, 0.25) is 0 Å². The highest BCUT2D eigenvalue weighted by Crippen LogP contribution is 2.27. The van der Waals surface area contributed by atoms with Gasteiger partial charge in [0, 0.05) is 30.2 Å². The first-order chi connectivity index (χ1) is 6.93. The summed E-state index contributed by atoms with van der Waals surface area (Å²) in [5, 5.41) is 3.62. The minimum atomic E-state index is 0.525. The Kier molecular flexibility index (Phi) is 2.27. The molecule has 1 aromatic heterocycles. The van der Waals surface area contributed by atoms with Crippen molar-refractivity contribution in [2.24, 2.45) is 0 Å². The summed E-state index contributed by atoms with van der Waals surface area (Å²) in [5.74, 6) is 0. The summed E-state index contributed by atoms with van der Waals surface area (Å²) < 4.78 is 0. The minimum Gasteiger partial charge on any atom is -0.307 e. The molecule has 1 N–H and O–H groups in total. The Balaban J connectivity index is 1.73. The summed E-state index contributed by atoms with van der Waals surface area (Å²) in [4.78, 5) is 8.15. The third-order valence-electron chi connectivity index (χ3n) is 3.31. The topological polar surface area (TPSA) is 28.2 Å². The van der Waals surface area contributed by atoms with Gasteiger partial charge in [-0.1, -0.05) is 0 Å². The molecule has 0 amide bonds. The third-order valence-corrected chi connectivity index (χ3v) is 4.20. The van der Waals surface area contributed by atoms with Gasteiger partial charge < -0.3 is 5.32 Å². The fourth-order valence-corrected chi connectivity index (χ4v) is 3.22. The lowest BCUT2D eigenvalue weighted by Crippen LogP contribution is -2.49. The van der Waals surface area contributed by atoms with E-state index < -0.39 is 0 Å². The second-order valence-electron chi connectivity index (χ2n) is 4.16. The van der Waals surface area contributed by atoms with Crippen molar-refractivity contribution in [3.63, 3.8) is 0 Å². The predicted molar refractivity (Wildman–Crippen MR) is 57.5 cm³/mol. The van der Waals surface area contributed by atoms with Crippen LogP contribution >= 0.6 is 11.3 Å². The van der Waals surface area contributed by atoms with E-state index in [0.29, 0.717) is 6.04 Å². The number of hydrogen-bond donors (Lipinski definition) is 1. The zero-order valence-corrected chi connectivity index (χ0v) is 8.96. The minimum absolute atomic E-state index is 0.525. The van der Waals surface area contributed by atoms with E-state index in [1.54, 1.807) is 11.3 Å². The van der Waals surface area contributed by atoms with Crippen molar-refractivity contribution in [2.75, 3.05) is 19.6 Å². The standard InChI is InChI=1S/C10H15N3S/c1-2-8-4-12-9(6-13(8)3-1)10-5-11-7-14-10/h5,7-9,12H,1-4,6H2. The Labute approximate surface area is 88.1 Å². The maximum Gasteiger partial charge on any atom is 0.0794 e. The monoisotopic (exact) mass is 209 g/mol. The number of nitrogens with zero attached hydrogens (tertiary/aromatic N) is 2. The van der Waals surface area contributed by atoms with Crippen LogP contribution < -0.4 is 5.32 Å². The van der Waals surface area contributed by atoms with Gasteiger partial charge in [0.25, 0.3) is 0 Å². The molecule has 3 rings (SSSR count). The van der Waals surface area contributed by atoms with Gasteiger partial charge in [-0.05, 0) is 19.4 Å². The molecular weight excluding hydrogens is 194 g/mol. The lowest BCUT2D eigenvalue weighted by atomic mass is 10.1. The molecule has 0 aromatic carbocycles. The van der Waals surface area contributed by atoms with Crippen LogP contribution in [-0.4, -0.2) is 35.6 Å². The average molecular weight is 209 g/mol. The maximum atomic E-state index is 4.14. The van der Waals surface area contributed by atoms with E-state index in [1.165, 1.54) is 30.8 Å². The molecule has 76 valence electrons. The van der Waals surface area contributed by atoms with E-state index in [1.807, 2.05) is 11.7 Å². The zero-order valence-electron chi connectivity index (χ0n) is 8.15. The quantitative estimate of drug-likeness (QED) is 0.754. The highest BCUT2D eigenvalue weighted by molar-refractivity contribution is 7.09. The summed E-state index contributed by atoms with van der Waals surface area (Å²) in [6.07, 6.45) is 4.75. The summed E-state index contributed by atoms with van der Waals surface area (Å²) in [6.45, 7) is 3.62. The van der Waals surface area contributed by atoms with E-state index >= 15 is 0 Å². The highest BCUT2D eigenvalue weighted by atomic mass is 32.1. The van der Waals surface area contributed by atoms with Crippen molar-refractivity contribution < 1.29 is 0 Å². The number of hydrogen-bond acceptors (Lipinski definition) is 4. The number of rotatable bonds is 1. The van der Waals surface area contributed by atoms with Crippen molar-refractivity contribution in [1.82, 2.24) is 15.2 Å². The van der Waals surface area contributed by atoms with E-state index in [-0.39, 0.29) is 0 Å². The lowest BCUT2D eigenvalue weighted by Gasteiger charge is -2.35. The van der Waals surface area contributed by atoms with E-state index in [2.05, 4.69) is 15.2 Å². The first-order valence-electron chi connectivity index (χ1n) is 5.29. The molecule has 2 fully saturated rings. The van der Waals surface area contributed by atoms with Crippen molar-refractivity contribution in [3.8, 4) is 0 Å². The molecule has 2 unspecified atom stereocenters. The molecular formula is C10H15N3S. The van der Waals surface area contributed by atoms with Crippen LogP contribution in [0.5, 0.6) is 0 Å². The molecule has 4 heteroatoms. The molecule has 0 saturated carbocycles. The zero-order chi connectivity index (χ0) is 9.38. The fraction of sp³-hybridized carbons (Fsp3) is 0.700. The lowest BCUT2D eigenvalue weighted by molar-refractivity contribution is 0.175. The van der Waals surface area contributed by atoms with Gasteiger partial charge in [-0.25, -0.2) is 0 Å². The summed E-state index contributed by atoms with van der Waals surface area (Å²) in [6, 6.07) is 1.33. The molecule has 2 aliphatic rings. The first-order valence-corrected chi connectivity index (χ1v) is 6.17. The van der Waals surface area contributed by atoms with Gasteiger partial charge in [0.05, 0.1) is 11.6 Å². The molecule has 0 aliphatic carbocycles. The molecule has 1 aromatic rings. The first kappa shape index (κ1) is 8.83. The fourth-order valence-electron chi connectivity index (χ4n) is 2.53. The Morgan fingerprint density at radius 3 is 3.43 bits per heavy atom. The largest absolute Gasteiger partial charge is 0.307 e. The van der Waals surface area contributed by atoms with Gasteiger partial charge in [-0.15, -0.1) is 11.3 Å². The normalized spacial score (nSPS) is 33.1. The van der Waals surface area contributed by atoms with E-state index in [9.17, 15) is 0 Å². The molecule has 2 atom stereocenters. The maximum absolute atomic E-state index is 4.14. The number of nitrogens with one attached hydrogen (secondary N) is 1. The van der Waals surface area contributed by atoms with Crippen LogP contribution in [0.3, 0.4) is 0 Å². The summed E-state index contributed by atoms with van der Waals surface area (Å²) in [5.41, 5.74) is 1.92. The molecule has 2 saturated heterocycles. The molecule has 3 nitrogen and oxygen atoms in total. The summed E-state index contributed by atoms with van der Waals surface area (Å²) >= 11 is 1.76. The second-order valence-corrected chi connectivity index (χ2v) is 5.07. The average Bonchev–Trinajstić information content (AvgIpc) is 2.88. The van der Waals surface area contributed by atoms with E-state index in [4.69, 9.17) is 0 Å². The van der Waals surface area contributed by atoms with Gasteiger partial charge in [-0.2, -0.15) is 0 Å². The van der Waals surface area contributed by atoms with Gasteiger partial charge in [-0.3, -0.25) is 9.88 Å². The van der Waals surface area contributed by atoms with Crippen LogP contribution in [0.1, 0.15) is 23.8 Å². The summed E-state index contributed by atoms with van der Waals surface area (Å²) in [7, 11) is 0. The Hall–Kier alpha value is -0.450. The van der Waals surface area contributed by atoms with Gasteiger partial charge in [0.1, 0.15) is 0 Å². The van der Waals surface area contributed by atoms with Crippen LogP contribution in [0.4, 0.5) is 0 Å².